The van der Waals surface area contributed by atoms with Gasteiger partial charge in [-0.2, -0.15) is 5.10 Å². The van der Waals surface area contributed by atoms with Gasteiger partial charge < -0.3 is 10.2 Å². The van der Waals surface area contributed by atoms with E-state index in [1.807, 2.05) is 0 Å². The second-order valence-corrected chi connectivity index (χ2v) is 2.69. The monoisotopic (exact) mass is 240 g/mol. The fraction of sp³-hybridized carbons (Fsp3) is 0.143. The van der Waals surface area contributed by atoms with Crippen LogP contribution < -0.4 is 0 Å². The van der Waals surface area contributed by atoms with E-state index in [9.17, 15) is 9.59 Å². The number of nitrogens with zero attached hydrogens (tertiary/aromatic N) is 5. The molecular formula is C7H8N6O4. The van der Waals surface area contributed by atoms with Crippen LogP contribution >= 0.6 is 0 Å². The van der Waals surface area contributed by atoms with E-state index >= 15 is 0 Å². The van der Waals surface area contributed by atoms with Crippen molar-refractivity contribution in [3.05, 3.63) is 24.3 Å². The number of carbonyl (C=O) groups is 2. The maximum absolute atomic E-state index is 10.1. The summed E-state index contributed by atoms with van der Waals surface area (Å²) in [6, 6.07) is 0. The molecule has 0 spiro atoms. The lowest BCUT2D eigenvalue weighted by atomic mass is 10.7. The molecule has 3 N–H and O–H groups in total. The average Bonchev–Trinajstić information content (AvgIpc) is 2.87. The first kappa shape index (κ1) is 12.3. The number of aromatic nitrogens is 6. The molecular weight excluding hydrogens is 232 g/mol. The molecule has 90 valence electrons. The van der Waals surface area contributed by atoms with E-state index in [1.54, 1.807) is 7.05 Å². The molecule has 0 fully saturated rings. The van der Waals surface area contributed by atoms with E-state index < -0.39 is 11.9 Å². The van der Waals surface area contributed by atoms with Crippen molar-refractivity contribution in [1.29, 1.82) is 0 Å². The van der Waals surface area contributed by atoms with Crippen molar-refractivity contribution >= 4 is 11.9 Å². The van der Waals surface area contributed by atoms with E-state index in [-0.39, 0.29) is 11.6 Å². The summed E-state index contributed by atoms with van der Waals surface area (Å²) >= 11 is 0. The smallest absolute Gasteiger partial charge is 0.375 e. The van der Waals surface area contributed by atoms with Crippen molar-refractivity contribution in [3.8, 4) is 0 Å². The molecule has 0 amide bonds. The van der Waals surface area contributed by atoms with Crippen LogP contribution in [-0.2, 0) is 7.05 Å². The summed E-state index contributed by atoms with van der Waals surface area (Å²) in [7, 11) is 1.61. The van der Waals surface area contributed by atoms with Gasteiger partial charge in [0.05, 0.1) is 0 Å². The molecule has 2 heterocycles. The highest BCUT2D eigenvalue weighted by atomic mass is 16.4. The van der Waals surface area contributed by atoms with Crippen LogP contribution in [0.3, 0.4) is 0 Å². The van der Waals surface area contributed by atoms with Crippen molar-refractivity contribution in [3.63, 3.8) is 0 Å². The molecule has 10 nitrogen and oxygen atoms in total. The van der Waals surface area contributed by atoms with Gasteiger partial charge in [-0.25, -0.2) is 19.6 Å². The topological polar surface area (TPSA) is 147 Å². The van der Waals surface area contributed by atoms with E-state index in [0.717, 1.165) is 6.33 Å². The number of hydrogen-bond acceptors (Lipinski definition) is 6. The minimum Gasteiger partial charge on any atom is -0.475 e. The molecule has 2 aromatic rings. The van der Waals surface area contributed by atoms with Gasteiger partial charge in [0.1, 0.15) is 12.7 Å². The lowest BCUT2D eigenvalue weighted by Crippen LogP contribution is -2.00. The molecule has 0 aliphatic carbocycles. The number of hydrogen-bond donors (Lipinski definition) is 3. The highest BCUT2D eigenvalue weighted by Crippen LogP contribution is 1.84. The zero-order valence-corrected chi connectivity index (χ0v) is 8.60. The Hall–Kier alpha value is -2.78. The predicted molar refractivity (Wildman–Crippen MR) is 51.3 cm³/mol. The van der Waals surface area contributed by atoms with Crippen molar-refractivity contribution < 1.29 is 19.8 Å². The Labute approximate surface area is 93.9 Å². The fourth-order valence-corrected chi connectivity index (χ4v) is 0.746. The molecule has 0 saturated carbocycles. The summed E-state index contributed by atoms with van der Waals surface area (Å²) in [6.45, 7) is 0. The third-order valence-corrected chi connectivity index (χ3v) is 1.41. The first-order valence-corrected chi connectivity index (χ1v) is 4.18. The van der Waals surface area contributed by atoms with Gasteiger partial charge >= 0.3 is 11.9 Å². The zero-order chi connectivity index (χ0) is 12.8. The second kappa shape index (κ2) is 5.34. The van der Waals surface area contributed by atoms with E-state index in [1.165, 1.54) is 11.0 Å². The minimum atomic E-state index is -1.10. The molecule has 0 unspecified atom stereocenters. The Bertz CT molecular complexity index is 504. The van der Waals surface area contributed by atoms with Crippen molar-refractivity contribution in [2.75, 3.05) is 0 Å². The number of rotatable bonds is 2. The van der Waals surface area contributed by atoms with Crippen LogP contribution in [0, 0.1) is 0 Å². The van der Waals surface area contributed by atoms with Crippen LogP contribution in [0.4, 0.5) is 0 Å². The molecule has 0 aliphatic rings. The van der Waals surface area contributed by atoms with Gasteiger partial charge in [-0.3, -0.25) is 9.78 Å². The second-order valence-electron chi connectivity index (χ2n) is 2.69. The number of carboxylic acids is 2. The Morgan fingerprint density at radius 3 is 2.24 bits per heavy atom. The van der Waals surface area contributed by atoms with Crippen LogP contribution in [0.2, 0.25) is 0 Å². The maximum atomic E-state index is 10.1. The summed E-state index contributed by atoms with van der Waals surface area (Å²) in [4.78, 5) is 26.8. The van der Waals surface area contributed by atoms with Crippen LogP contribution in [-0.4, -0.2) is 52.1 Å². The van der Waals surface area contributed by atoms with E-state index in [0.29, 0.717) is 0 Å². The summed E-state index contributed by atoms with van der Waals surface area (Å²) in [5.74, 6) is -2.50. The highest BCUT2D eigenvalue weighted by molar-refractivity contribution is 5.83. The van der Waals surface area contributed by atoms with Crippen LogP contribution in [0.15, 0.2) is 12.7 Å². The third kappa shape index (κ3) is 3.70. The Morgan fingerprint density at radius 2 is 2.00 bits per heavy atom. The molecule has 0 aromatic carbocycles. The fourth-order valence-electron chi connectivity index (χ4n) is 0.746. The lowest BCUT2D eigenvalue weighted by molar-refractivity contribution is 0.0673. The van der Waals surface area contributed by atoms with Gasteiger partial charge in [0.15, 0.2) is 0 Å². The molecule has 10 heteroatoms. The molecule has 2 rings (SSSR count). The summed E-state index contributed by atoms with van der Waals surface area (Å²) < 4.78 is 1.34. The number of nitrogens with one attached hydrogen (secondary N) is 1. The van der Waals surface area contributed by atoms with Gasteiger partial charge in [-0.05, 0) is 0 Å². The Balaban J connectivity index is 0.000000171. The molecule has 17 heavy (non-hydrogen) atoms. The van der Waals surface area contributed by atoms with Gasteiger partial charge in [-0.15, -0.1) is 5.10 Å². The highest BCUT2D eigenvalue weighted by Gasteiger charge is 2.05. The summed E-state index contributed by atoms with van der Waals surface area (Å²) in [5.41, 5.74) is 0. The molecule has 0 saturated heterocycles. The number of H-pyrrole nitrogens is 1. The standard InChI is InChI=1S/C4H5N3O2.C3H3N3O2/c1-7-2-5-3(6-7)4(8)9;7-3(8)2-4-1-5-6-2/h2H,1H3,(H,8,9);1H,(H,7,8)(H,4,5,6). The minimum absolute atomic E-state index is 0.134. The third-order valence-electron chi connectivity index (χ3n) is 1.41. The summed E-state index contributed by atoms with van der Waals surface area (Å²) in [5, 5.41) is 25.4. The Kier molecular flexibility index (Phi) is 3.86. The van der Waals surface area contributed by atoms with Gasteiger partial charge in [-0.1, -0.05) is 0 Å². The van der Waals surface area contributed by atoms with Crippen LogP contribution in [0.1, 0.15) is 21.2 Å². The Morgan fingerprint density at radius 1 is 1.29 bits per heavy atom. The van der Waals surface area contributed by atoms with Gasteiger partial charge in [0, 0.05) is 7.05 Å². The number of aryl methyl sites for hydroxylation is 1. The molecule has 2 aromatic heterocycles. The first-order chi connectivity index (χ1) is 8.00. The van der Waals surface area contributed by atoms with Crippen LogP contribution in [0.25, 0.3) is 0 Å². The van der Waals surface area contributed by atoms with Gasteiger partial charge in [0.25, 0.3) is 5.82 Å². The predicted octanol–water partition coefficient (Wildman–Crippen LogP) is -0.984. The van der Waals surface area contributed by atoms with E-state index in [4.69, 9.17) is 10.2 Å². The average molecular weight is 240 g/mol. The maximum Gasteiger partial charge on any atom is 0.375 e. The summed E-state index contributed by atoms with van der Waals surface area (Å²) in [6.07, 6.45) is 2.48. The van der Waals surface area contributed by atoms with Crippen molar-refractivity contribution in [1.82, 2.24) is 29.9 Å². The first-order valence-electron chi connectivity index (χ1n) is 4.18. The largest absolute Gasteiger partial charge is 0.475 e. The number of aromatic amines is 1. The molecule has 0 radical (unpaired) electrons. The van der Waals surface area contributed by atoms with Crippen LogP contribution in [0.5, 0.6) is 0 Å². The number of carboxylic acid groups (broad SMARTS) is 2. The van der Waals surface area contributed by atoms with Crippen molar-refractivity contribution in [2.24, 2.45) is 7.05 Å². The van der Waals surface area contributed by atoms with Gasteiger partial charge in [0.2, 0.25) is 5.82 Å². The lowest BCUT2D eigenvalue weighted by Gasteiger charge is -1.80. The van der Waals surface area contributed by atoms with Crippen molar-refractivity contribution in [2.45, 2.75) is 0 Å². The molecule has 0 bridgehead atoms. The SMILES string of the molecule is Cn1cnc(C(=O)O)n1.O=C(O)c1ncn[nH]1. The number of aromatic carboxylic acids is 2. The molecule has 0 atom stereocenters. The normalized spacial score (nSPS) is 9.24. The zero-order valence-electron chi connectivity index (χ0n) is 8.60. The molecule has 0 aliphatic heterocycles. The quantitative estimate of drug-likeness (QED) is 0.606. The van der Waals surface area contributed by atoms with E-state index in [2.05, 4.69) is 25.3 Å².